The summed E-state index contributed by atoms with van der Waals surface area (Å²) in [5, 5.41) is 14.0. The maximum absolute atomic E-state index is 11.8. The minimum absolute atomic E-state index is 0.0306. The number of hydrogen-bond donors (Lipinski definition) is 2. The first kappa shape index (κ1) is 14.7. The SMILES string of the molecule is CNS(=O)(=O)c1ccc([N+](=O)[O-])c(NC2(C)COC2)c1. The van der Waals surface area contributed by atoms with Gasteiger partial charge in [0.2, 0.25) is 10.0 Å². The molecule has 2 N–H and O–H groups in total. The van der Waals surface area contributed by atoms with E-state index in [-0.39, 0.29) is 16.3 Å². The lowest BCUT2D eigenvalue weighted by molar-refractivity contribution is -0.384. The number of nitrogens with zero attached hydrogens (tertiary/aromatic N) is 1. The van der Waals surface area contributed by atoms with Crippen molar-refractivity contribution in [3.05, 3.63) is 28.3 Å². The van der Waals surface area contributed by atoms with E-state index in [0.29, 0.717) is 13.2 Å². The highest BCUT2D eigenvalue weighted by atomic mass is 32.2. The van der Waals surface area contributed by atoms with Gasteiger partial charge in [-0.25, -0.2) is 13.1 Å². The van der Waals surface area contributed by atoms with E-state index in [2.05, 4.69) is 10.0 Å². The Hall–Kier alpha value is -1.71. The van der Waals surface area contributed by atoms with Crippen molar-refractivity contribution in [2.75, 3.05) is 25.6 Å². The smallest absolute Gasteiger partial charge is 0.292 e. The van der Waals surface area contributed by atoms with Gasteiger partial charge in [0.1, 0.15) is 5.69 Å². The Morgan fingerprint density at radius 1 is 1.40 bits per heavy atom. The van der Waals surface area contributed by atoms with Crippen LogP contribution in [0.5, 0.6) is 0 Å². The van der Waals surface area contributed by atoms with Crippen molar-refractivity contribution in [2.24, 2.45) is 0 Å². The van der Waals surface area contributed by atoms with Crippen LogP contribution >= 0.6 is 0 Å². The van der Waals surface area contributed by atoms with E-state index in [9.17, 15) is 18.5 Å². The van der Waals surface area contributed by atoms with Gasteiger partial charge < -0.3 is 10.1 Å². The van der Waals surface area contributed by atoms with Crippen LogP contribution in [0.15, 0.2) is 23.1 Å². The van der Waals surface area contributed by atoms with Crippen LogP contribution in [0.1, 0.15) is 6.92 Å². The second kappa shape index (κ2) is 5.00. The van der Waals surface area contributed by atoms with Crippen molar-refractivity contribution in [3.8, 4) is 0 Å². The van der Waals surface area contributed by atoms with E-state index >= 15 is 0 Å². The minimum Gasteiger partial charge on any atom is -0.376 e. The molecule has 0 aliphatic carbocycles. The normalized spacial score (nSPS) is 17.3. The molecule has 0 unspecified atom stereocenters. The Morgan fingerprint density at radius 2 is 2.05 bits per heavy atom. The molecular formula is C11H15N3O5S. The molecule has 8 nitrogen and oxygen atoms in total. The summed E-state index contributed by atoms with van der Waals surface area (Å²) in [6.45, 7) is 2.67. The highest BCUT2D eigenvalue weighted by Crippen LogP contribution is 2.31. The lowest BCUT2D eigenvalue weighted by Crippen LogP contribution is -2.53. The molecule has 1 heterocycles. The maximum Gasteiger partial charge on any atom is 0.292 e. The second-order valence-electron chi connectivity index (χ2n) is 4.82. The van der Waals surface area contributed by atoms with Gasteiger partial charge in [0.15, 0.2) is 0 Å². The summed E-state index contributed by atoms with van der Waals surface area (Å²) in [5.74, 6) is 0. The number of anilines is 1. The molecule has 1 aromatic carbocycles. The molecule has 0 atom stereocenters. The number of hydrogen-bond acceptors (Lipinski definition) is 6. The molecule has 0 saturated carbocycles. The van der Waals surface area contributed by atoms with Gasteiger partial charge >= 0.3 is 0 Å². The van der Waals surface area contributed by atoms with Crippen LogP contribution in [0.4, 0.5) is 11.4 Å². The van der Waals surface area contributed by atoms with Crippen LogP contribution in [0.2, 0.25) is 0 Å². The van der Waals surface area contributed by atoms with E-state index in [0.717, 1.165) is 0 Å². The van der Waals surface area contributed by atoms with Crippen molar-refractivity contribution in [1.29, 1.82) is 0 Å². The van der Waals surface area contributed by atoms with Gasteiger partial charge in [-0.1, -0.05) is 0 Å². The topological polar surface area (TPSA) is 111 Å². The Bertz CT molecular complexity index is 639. The molecule has 0 aromatic heterocycles. The number of rotatable bonds is 5. The predicted octanol–water partition coefficient (Wildman–Crippen LogP) is 0.704. The summed E-state index contributed by atoms with van der Waals surface area (Å²) >= 11 is 0. The summed E-state index contributed by atoms with van der Waals surface area (Å²) in [6.07, 6.45) is 0. The van der Waals surface area contributed by atoms with E-state index < -0.39 is 20.5 Å². The maximum atomic E-state index is 11.8. The van der Waals surface area contributed by atoms with E-state index in [1.807, 2.05) is 6.92 Å². The first-order valence-corrected chi connectivity index (χ1v) is 7.34. The first-order chi connectivity index (χ1) is 9.27. The average molecular weight is 301 g/mol. The van der Waals surface area contributed by atoms with Gasteiger partial charge in [-0.15, -0.1) is 0 Å². The molecule has 1 aliphatic rings. The molecule has 20 heavy (non-hydrogen) atoms. The van der Waals surface area contributed by atoms with E-state index in [1.165, 1.54) is 25.2 Å². The van der Waals surface area contributed by atoms with Crippen molar-refractivity contribution < 1.29 is 18.1 Å². The molecule has 1 fully saturated rings. The number of nitrogens with one attached hydrogen (secondary N) is 2. The van der Waals surface area contributed by atoms with E-state index in [1.54, 1.807) is 0 Å². The fourth-order valence-electron chi connectivity index (χ4n) is 1.87. The molecule has 2 rings (SSSR count). The molecule has 1 saturated heterocycles. The Labute approximate surface area is 116 Å². The molecule has 9 heteroatoms. The summed E-state index contributed by atoms with van der Waals surface area (Å²) < 4.78 is 30.7. The first-order valence-electron chi connectivity index (χ1n) is 5.85. The monoisotopic (exact) mass is 301 g/mol. The van der Waals surface area contributed by atoms with Crippen LogP contribution in [-0.2, 0) is 14.8 Å². The van der Waals surface area contributed by atoms with Crippen LogP contribution in [0.3, 0.4) is 0 Å². The summed E-state index contributed by atoms with van der Waals surface area (Å²) in [6, 6.07) is 3.64. The van der Waals surface area contributed by atoms with Gasteiger partial charge in [0.05, 0.1) is 28.6 Å². The third kappa shape index (κ3) is 2.74. The summed E-state index contributed by atoms with van der Waals surface area (Å²) in [7, 11) is -2.37. The fraction of sp³-hybridized carbons (Fsp3) is 0.455. The van der Waals surface area contributed by atoms with Crippen LogP contribution in [0.25, 0.3) is 0 Å². The number of sulfonamides is 1. The van der Waals surface area contributed by atoms with Gasteiger partial charge in [0.25, 0.3) is 5.69 Å². The quantitative estimate of drug-likeness (QED) is 0.612. The van der Waals surface area contributed by atoms with Gasteiger partial charge in [-0.05, 0) is 26.1 Å². The minimum atomic E-state index is -3.65. The van der Waals surface area contributed by atoms with Crippen LogP contribution < -0.4 is 10.0 Å². The molecule has 0 spiro atoms. The average Bonchev–Trinajstić information content (AvgIpc) is 2.36. The zero-order valence-corrected chi connectivity index (χ0v) is 11.9. The van der Waals surface area contributed by atoms with Crippen molar-refractivity contribution in [3.63, 3.8) is 0 Å². The highest BCUT2D eigenvalue weighted by Gasteiger charge is 2.35. The Morgan fingerprint density at radius 3 is 2.50 bits per heavy atom. The van der Waals surface area contributed by atoms with Crippen molar-refractivity contribution in [1.82, 2.24) is 4.72 Å². The van der Waals surface area contributed by atoms with Gasteiger partial charge in [-0.3, -0.25) is 10.1 Å². The number of nitro benzene ring substituents is 1. The summed E-state index contributed by atoms with van der Waals surface area (Å²) in [5.41, 5.74) is -0.433. The number of benzene rings is 1. The zero-order chi connectivity index (χ0) is 15.0. The fourth-order valence-corrected chi connectivity index (χ4v) is 2.62. The molecular weight excluding hydrogens is 286 g/mol. The Balaban J connectivity index is 2.45. The molecule has 1 aliphatic heterocycles. The molecule has 0 radical (unpaired) electrons. The van der Waals surface area contributed by atoms with Crippen LogP contribution in [-0.4, -0.2) is 39.1 Å². The van der Waals surface area contributed by atoms with Gasteiger partial charge in [-0.2, -0.15) is 0 Å². The molecule has 0 bridgehead atoms. The largest absolute Gasteiger partial charge is 0.376 e. The van der Waals surface area contributed by atoms with Crippen LogP contribution in [0, 0.1) is 10.1 Å². The van der Waals surface area contributed by atoms with Crippen molar-refractivity contribution >= 4 is 21.4 Å². The van der Waals surface area contributed by atoms with E-state index in [4.69, 9.17) is 4.74 Å². The lowest BCUT2D eigenvalue weighted by atomic mass is 10.00. The molecule has 110 valence electrons. The molecule has 1 aromatic rings. The van der Waals surface area contributed by atoms with Crippen molar-refractivity contribution in [2.45, 2.75) is 17.4 Å². The molecule has 0 amide bonds. The predicted molar refractivity (Wildman–Crippen MR) is 72.2 cm³/mol. The number of nitro groups is 1. The standard InChI is InChI=1S/C11H15N3O5S/c1-11(6-19-7-11)13-9-5-8(20(17,18)12-2)3-4-10(9)14(15)16/h3-5,12-13H,6-7H2,1-2H3. The van der Waals surface area contributed by atoms with Gasteiger partial charge in [0, 0.05) is 6.07 Å². The Kier molecular flexibility index (Phi) is 3.67. The second-order valence-corrected chi connectivity index (χ2v) is 6.71. The highest BCUT2D eigenvalue weighted by molar-refractivity contribution is 7.89. The number of ether oxygens (including phenoxy) is 1. The lowest BCUT2D eigenvalue weighted by Gasteiger charge is -2.39. The third-order valence-electron chi connectivity index (χ3n) is 3.02. The zero-order valence-electron chi connectivity index (χ0n) is 11.0. The summed E-state index contributed by atoms with van der Waals surface area (Å²) in [4.78, 5) is 10.4. The third-order valence-corrected chi connectivity index (χ3v) is 4.43.